The van der Waals surface area contributed by atoms with Crippen molar-refractivity contribution in [2.24, 2.45) is 0 Å². The summed E-state index contributed by atoms with van der Waals surface area (Å²) < 4.78 is 5.45. The average Bonchev–Trinajstić information content (AvgIpc) is 1.77. The molecule has 0 N–H and O–H groups in total. The highest BCUT2D eigenvalue weighted by Gasteiger charge is 1.82. The summed E-state index contributed by atoms with van der Waals surface area (Å²) in [6.07, 6.45) is 1.58. The van der Waals surface area contributed by atoms with E-state index in [2.05, 4.69) is 0 Å². The van der Waals surface area contributed by atoms with E-state index in [1.807, 2.05) is 19.1 Å². The lowest BCUT2D eigenvalue weighted by molar-refractivity contribution is 0.529. The Labute approximate surface area is 53.0 Å². The zero-order valence-electron chi connectivity index (χ0n) is 4.55. The van der Waals surface area contributed by atoms with Crippen molar-refractivity contribution < 1.29 is 4.42 Å². The molecule has 0 radical (unpaired) electrons. The third kappa shape index (κ3) is 0.954. The zero-order chi connectivity index (χ0) is 5.98. The van der Waals surface area contributed by atoms with Crippen LogP contribution in [0.25, 0.3) is 0 Å². The van der Waals surface area contributed by atoms with Crippen molar-refractivity contribution >= 4 is 12.2 Å². The highest BCUT2D eigenvalue weighted by Crippen LogP contribution is 1.97. The van der Waals surface area contributed by atoms with E-state index in [4.69, 9.17) is 16.6 Å². The van der Waals surface area contributed by atoms with Gasteiger partial charge in [0.1, 0.15) is 0 Å². The predicted molar refractivity (Wildman–Crippen MR) is 34.3 cm³/mol. The molecular formula is C6H6OS. The quantitative estimate of drug-likeness (QED) is 0.495. The highest BCUT2D eigenvalue weighted by atomic mass is 32.1. The van der Waals surface area contributed by atoms with Crippen LogP contribution in [0.5, 0.6) is 0 Å². The SMILES string of the molecule is Cc1cccoc1=S. The summed E-state index contributed by atoms with van der Waals surface area (Å²) in [5, 5.41) is 0. The monoisotopic (exact) mass is 126 g/mol. The van der Waals surface area contributed by atoms with Gasteiger partial charge in [-0.2, -0.15) is 0 Å². The van der Waals surface area contributed by atoms with E-state index in [9.17, 15) is 0 Å². The molecule has 0 spiro atoms. The topological polar surface area (TPSA) is 13.1 Å². The van der Waals surface area contributed by atoms with Gasteiger partial charge in [-0.25, -0.2) is 0 Å². The van der Waals surface area contributed by atoms with Crippen molar-refractivity contribution in [3.05, 3.63) is 28.7 Å². The average molecular weight is 126 g/mol. The van der Waals surface area contributed by atoms with Crippen molar-refractivity contribution in [3.8, 4) is 0 Å². The summed E-state index contributed by atoms with van der Waals surface area (Å²) >= 11 is 4.79. The Balaban J connectivity index is 3.35. The Morgan fingerprint density at radius 3 is 2.75 bits per heavy atom. The van der Waals surface area contributed by atoms with E-state index < -0.39 is 0 Å². The zero-order valence-corrected chi connectivity index (χ0v) is 5.37. The van der Waals surface area contributed by atoms with Gasteiger partial charge in [0.15, 0.2) is 4.71 Å². The molecule has 0 bridgehead atoms. The second-order valence-corrected chi connectivity index (χ2v) is 1.95. The Bertz CT molecular complexity index is 226. The number of hydrogen-bond acceptors (Lipinski definition) is 2. The maximum absolute atomic E-state index is 4.87. The summed E-state index contributed by atoms with van der Waals surface area (Å²) in [5.74, 6) is 0. The van der Waals surface area contributed by atoms with Crippen LogP contribution < -0.4 is 0 Å². The minimum Gasteiger partial charge on any atom is -0.453 e. The van der Waals surface area contributed by atoms with Gasteiger partial charge in [0.2, 0.25) is 0 Å². The van der Waals surface area contributed by atoms with Crippen LogP contribution in [-0.4, -0.2) is 0 Å². The summed E-state index contributed by atoms with van der Waals surface area (Å²) in [4.78, 5) is 0. The Kier molecular flexibility index (Phi) is 1.44. The molecule has 1 rings (SSSR count). The lowest BCUT2D eigenvalue weighted by Gasteiger charge is -1.85. The molecule has 0 atom stereocenters. The van der Waals surface area contributed by atoms with Crippen LogP contribution in [0, 0.1) is 11.6 Å². The molecule has 1 nitrogen and oxygen atoms in total. The third-order valence-corrected chi connectivity index (χ3v) is 1.34. The van der Waals surface area contributed by atoms with Gasteiger partial charge in [-0.3, -0.25) is 0 Å². The maximum Gasteiger partial charge on any atom is 0.192 e. The van der Waals surface area contributed by atoms with E-state index in [-0.39, 0.29) is 0 Å². The fourth-order valence-electron chi connectivity index (χ4n) is 0.446. The molecule has 0 aromatic carbocycles. The molecule has 8 heavy (non-hydrogen) atoms. The van der Waals surface area contributed by atoms with Gasteiger partial charge in [0.05, 0.1) is 6.26 Å². The van der Waals surface area contributed by atoms with Gasteiger partial charge in [-0.15, -0.1) is 0 Å². The Morgan fingerprint density at radius 1 is 1.62 bits per heavy atom. The first kappa shape index (κ1) is 5.51. The minimum atomic E-state index is 0.576. The van der Waals surface area contributed by atoms with Gasteiger partial charge >= 0.3 is 0 Å². The third-order valence-electron chi connectivity index (χ3n) is 0.922. The first-order valence-electron chi connectivity index (χ1n) is 2.35. The molecule has 0 aliphatic carbocycles. The lowest BCUT2D eigenvalue weighted by atomic mass is 10.3. The molecule has 0 fully saturated rings. The highest BCUT2D eigenvalue weighted by molar-refractivity contribution is 7.71. The number of hydrogen-bond donors (Lipinski definition) is 0. The molecule has 42 valence electrons. The Hall–Kier alpha value is -0.630. The summed E-state index contributed by atoms with van der Waals surface area (Å²) in [5.41, 5.74) is 1.02. The standard InChI is InChI=1S/C6H6OS/c1-5-3-2-4-7-6(5)8/h2-4H,1H3. The smallest absolute Gasteiger partial charge is 0.192 e. The van der Waals surface area contributed by atoms with E-state index in [0.29, 0.717) is 4.71 Å². The fourth-order valence-corrected chi connectivity index (χ4v) is 0.569. The molecule has 1 aromatic heterocycles. The van der Waals surface area contributed by atoms with Crippen LogP contribution in [0.15, 0.2) is 22.8 Å². The normalized spacial score (nSPS) is 9.12. The van der Waals surface area contributed by atoms with Crippen LogP contribution in [0.1, 0.15) is 5.56 Å². The molecule has 0 saturated carbocycles. The molecular weight excluding hydrogens is 120 g/mol. The molecule has 2 heteroatoms. The molecule has 0 amide bonds. The molecule has 0 unspecified atom stereocenters. The molecule has 1 heterocycles. The predicted octanol–water partition coefficient (Wildman–Crippen LogP) is 2.32. The largest absolute Gasteiger partial charge is 0.453 e. The summed E-state index contributed by atoms with van der Waals surface area (Å²) in [7, 11) is 0. The van der Waals surface area contributed by atoms with E-state index in [0.717, 1.165) is 5.56 Å². The lowest BCUT2D eigenvalue weighted by Crippen LogP contribution is -1.68. The molecule has 0 aliphatic rings. The number of rotatable bonds is 0. The molecule has 0 aliphatic heterocycles. The van der Waals surface area contributed by atoms with Gasteiger partial charge in [-0.1, -0.05) is 6.07 Å². The van der Waals surface area contributed by atoms with Crippen molar-refractivity contribution in [1.29, 1.82) is 0 Å². The van der Waals surface area contributed by atoms with Crippen LogP contribution in [0.3, 0.4) is 0 Å². The van der Waals surface area contributed by atoms with E-state index in [1.165, 1.54) is 0 Å². The van der Waals surface area contributed by atoms with Crippen LogP contribution in [-0.2, 0) is 0 Å². The van der Waals surface area contributed by atoms with Crippen LogP contribution in [0.2, 0.25) is 0 Å². The van der Waals surface area contributed by atoms with Crippen molar-refractivity contribution in [3.63, 3.8) is 0 Å². The van der Waals surface area contributed by atoms with Crippen molar-refractivity contribution in [1.82, 2.24) is 0 Å². The van der Waals surface area contributed by atoms with Crippen molar-refractivity contribution in [2.45, 2.75) is 6.92 Å². The number of aryl methyl sites for hydroxylation is 1. The first-order chi connectivity index (χ1) is 3.80. The summed E-state index contributed by atoms with van der Waals surface area (Å²) in [6.45, 7) is 1.92. The van der Waals surface area contributed by atoms with E-state index >= 15 is 0 Å². The minimum absolute atomic E-state index is 0.576. The van der Waals surface area contributed by atoms with Gasteiger partial charge < -0.3 is 4.42 Å². The van der Waals surface area contributed by atoms with Gasteiger partial charge in [0, 0.05) is 5.56 Å². The summed E-state index contributed by atoms with van der Waals surface area (Å²) in [6, 6.07) is 3.75. The van der Waals surface area contributed by atoms with Gasteiger partial charge in [-0.05, 0) is 25.2 Å². The Morgan fingerprint density at radius 2 is 2.38 bits per heavy atom. The van der Waals surface area contributed by atoms with Crippen molar-refractivity contribution in [2.75, 3.05) is 0 Å². The van der Waals surface area contributed by atoms with E-state index in [1.54, 1.807) is 6.26 Å². The maximum atomic E-state index is 4.87. The second-order valence-electron chi connectivity index (χ2n) is 1.58. The van der Waals surface area contributed by atoms with Crippen LogP contribution >= 0.6 is 12.2 Å². The first-order valence-corrected chi connectivity index (χ1v) is 2.76. The van der Waals surface area contributed by atoms with Crippen LogP contribution in [0.4, 0.5) is 0 Å². The second kappa shape index (κ2) is 2.09. The molecule has 1 aromatic rings. The van der Waals surface area contributed by atoms with Gasteiger partial charge in [0.25, 0.3) is 0 Å². The fraction of sp³-hybridized carbons (Fsp3) is 0.167. The molecule has 0 saturated heterocycles.